The van der Waals surface area contributed by atoms with Crippen LogP contribution in [0.4, 0.5) is 13.2 Å². The molecule has 0 amide bonds. The topological polar surface area (TPSA) is 41.3 Å². The normalized spacial score (nSPS) is 22.4. The van der Waals surface area contributed by atoms with E-state index in [0.717, 1.165) is 60.6 Å². The number of fused-ring (bicyclic) bond motifs is 2. The minimum absolute atomic E-state index is 0.176. The van der Waals surface area contributed by atoms with Gasteiger partial charge in [-0.25, -0.2) is 13.2 Å². The Bertz CT molecular complexity index is 1200. The molecule has 7 heteroatoms. The molecule has 33 heavy (non-hydrogen) atoms. The van der Waals surface area contributed by atoms with Crippen molar-refractivity contribution >= 4 is 0 Å². The summed E-state index contributed by atoms with van der Waals surface area (Å²) >= 11 is 0. The number of nitrogens with zero attached hydrogens (tertiary/aromatic N) is 3. The van der Waals surface area contributed by atoms with Crippen LogP contribution in [0, 0.1) is 23.4 Å². The predicted octanol–water partition coefficient (Wildman–Crippen LogP) is 4.44. The van der Waals surface area contributed by atoms with Crippen molar-refractivity contribution in [2.45, 2.75) is 50.8 Å². The molecule has 2 atom stereocenters. The summed E-state index contributed by atoms with van der Waals surface area (Å²) in [4.78, 5) is 2.46. The van der Waals surface area contributed by atoms with Gasteiger partial charge in [0.05, 0.1) is 18.3 Å². The summed E-state index contributed by atoms with van der Waals surface area (Å²) in [6.45, 7) is 3.15. The van der Waals surface area contributed by atoms with Crippen molar-refractivity contribution in [3.05, 3.63) is 76.2 Å². The Balaban J connectivity index is 1.38. The minimum Gasteiger partial charge on any atom is -0.392 e. The Morgan fingerprint density at radius 2 is 1.76 bits per heavy atom. The third-order valence-corrected chi connectivity index (χ3v) is 7.39. The van der Waals surface area contributed by atoms with E-state index in [-0.39, 0.29) is 12.2 Å². The molecular weight excluding hydrogens is 427 g/mol. The molecule has 2 aromatic carbocycles. The van der Waals surface area contributed by atoms with Gasteiger partial charge in [0.1, 0.15) is 17.5 Å². The molecule has 2 aliphatic carbocycles. The fourth-order valence-electron chi connectivity index (χ4n) is 5.49. The van der Waals surface area contributed by atoms with Crippen molar-refractivity contribution in [1.29, 1.82) is 0 Å². The average Bonchev–Trinajstić information content (AvgIpc) is 3.45. The van der Waals surface area contributed by atoms with E-state index in [2.05, 4.69) is 4.90 Å². The lowest BCUT2D eigenvalue weighted by molar-refractivity contribution is 0.145. The first-order valence-corrected chi connectivity index (χ1v) is 11.7. The summed E-state index contributed by atoms with van der Waals surface area (Å²) in [5.41, 5.74) is 4.82. The highest BCUT2D eigenvalue weighted by Crippen LogP contribution is 2.39. The molecule has 0 saturated heterocycles. The average molecular weight is 454 g/mol. The first-order chi connectivity index (χ1) is 16.0. The molecule has 6 rings (SSSR count). The molecule has 0 radical (unpaired) electrons. The van der Waals surface area contributed by atoms with Crippen molar-refractivity contribution in [2.75, 3.05) is 13.1 Å². The van der Waals surface area contributed by atoms with Crippen LogP contribution in [-0.2, 0) is 25.9 Å². The van der Waals surface area contributed by atoms with Crippen molar-refractivity contribution < 1.29 is 18.3 Å². The largest absolute Gasteiger partial charge is 0.392 e. The second-order valence-corrected chi connectivity index (χ2v) is 9.72. The lowest BCUT2D eigenvalue weighted by Gasteiger charge is -2.28. The van der Waals surface area contributed by atoms with Gasteiger partial charge in [-0.1, -0.05) is 0 Å². The van der Waals surface area contributed by atoms with Crippen LogP contribution in [0.15, 0.2) is 36.4 Å². The van der Waals surface area contributed by atoms with Crippen LogP contribution < -0.4 is 0 Å². The van der Waals surface area contributed by atoms with Gasteiger partial charge in [0.25, 0.3) is 0 Å². The van der Waals surface area contributed by atoms with E-state index in [4.69, 9.17) is 5.10 Å². The maximum Gasteiger partial charge on any atom is 0.129 e. The number of aliphatic hydroxyl groups excluding tert-OH is 1. The first kappa shape index (κ1) is 20.9. The third-order valence-electron chi connectivity index (χ3n) is 7.39. The molecule has 0 bridgehead atoms. The Kier molecular flexibility index (Phi) is 5.07. The number of hydrogen-bond acceptors (Lipinski definition) is 3. The summed E-state index contributed by atoms with van der Waals surface area (Å²) in [5.74, 6) is -1.17. The monoisotopic (exact) mass is 453 g/mol. The summed E-state index contributed by atoms with van der Waals surface area (Å²) in [6, 6.07) is 8.58. The number of aliphatic hydroxyl groups is 1. The van der Waals surface area contributed by atoms with E-state index >= 15 is 0 Å². The second kappa shape index (κ2) is 7.99. The number of aromatic nitrogens is 2. The zero-order valence-corrected chi connectivity index (χ0v) is 18.3. The van der Waals surface area contributed by atoms with E-state index in [9.17, 15) is 18.3 Å². The maximum absolute atomic E-state index is 14.3. The number of hydrogen-bond donors (Lipinski definition) is 1. The van der Waals surface area contributed by atoms with Gasteiger partial charge in [-0.15, -0.1) is 0 Å². The van der Waals surface area contributed by atoms with E-state index in [0.29, 0.717) is 17.7 Å². The van der Waals surface area contributed by atoms with Crippen molar-refractivity contribution in [2.24, 2.45) is 5.92 Å². The summed E-state index contributed by atoms with van der Waals surface area (Å²) < 4.78 is 43.7. The standard InChI is InChI=1S/C26H26F3N3O/c27-17-5-3-16(4-6-17)26-22-13-31(12-15-1-2-15)8-7-24(22)32(30-26)14-21-19-9-18(28)10-23(29)20(19)11-25(21)33/h3-6,9-10,15,21,25,33H,1-2,7-8,11-14H2/t21?,25-/m1/s1. The van der Waals surface area contributed by atoms with Gasteiger partial charge in [0.2, 0.25) is 0 Å². The van der Waals surface area contributed by atoms with Gasteiger partial charge in [-0.2, -0.15) is 5.10 Å². The van der Waals surface area contributed by atoms with Gasteiger partial charge >= 0.3 is 0 Å². The fourth-order valence-corrected chi connectivity index (χ4v) is 5.49. The molecule has 1 fully saturated rings. The number of halogens is 3. The quantitative estimate of drug-likeness (QED) is 0.621. The fraction of sp³-hybridized carbons (Fsp3) is 0.423. The molecule has 172 valence electrons. The van der Waals surface area contributed by atoms with Gasteiger partial charge in [0, 0.05) is 61.3 Å². The Labute approximate surface area is 190 Å². The maximum atomic E-state index is 14.3. The Hall–Kier alpha value is -2.64. The third kappa shape index (κ3) is 3.87. The van der Waals surface area contributed by atoms with E-state index in [1.54, 1.807) is 12.1 Å². The van der Waals surface area contributed by atoms with Crippen LogP contribution in [-0.4, -0.2) is 39.0 Å². The molecule has 4 nitrogen and oxygen atoms in total. The highest BCUT2D eigenvalue weighted by Gasteiger charge is 2.36. The van der Waals surface area contributed by atoms with Crippen molar-refractivity contribution in [1.82, 2.24) is 14.7 Å². The lowest BCUT2D eigenvalue weighted by Crippen LogP contribution is -2.33. The van der Waals surface area contributed by atoms with Crippen molar-refractivity contribution in [3.8, 4) is 11.3 Å². The molecule has 1 saturated carbocycles. The Morgan fingerprint density at radius 1 is 0.970 bits per heavy atom. The lowest BCUT2D eigenvalue weighted by atomic mass is 9.98. The van der Waals surface area contributed by atoms with Crippen LogP contribution in [0.3, 0.4) is 0 Å². The smallest absolute Gasteiger partial charge is 0.129 e. The summed E-state index contributed by atoms with van der Waals surface area (Å²) in [7, 11) is 0. The Morgan fingerprint density at radius 3 is 2.52 bits per heavy atom. The van der Waals surface area contributed by atoms with Crippen LogP contribution in [0.1, 0.15) is 41.1 Å². The van der Waals surface area contributed by atoms with E-state index in [1.807, 2.05) is 4.68 Å². The molecule has 1 aliphatic heterocycles. The zero-order valence-electron chi connectivity index (χ0n) is 18.3. The molecule has 3 aliphatic rings. The summed E-state index contributed by atoms with van der Waals surface area (Å²) in [5, 5.41) is 15.6. The number of rotatable bonds is 5. The summed E-state index contributed by atoms with van der Waals surface area (Å²) in [6.07, 6.45) is 2.79. The van der Waals surface area contributed by atoms with E-state index < -0.39 is 23.7 Å². The molecule has 0 spiro atoms. The van der Waals surface area contributed by atoms with Gasteiger partial charge in [-0.05, 0) is 60.2 Å². The highest BCUT2D eigenvalue weighted by atomic mass is 19.1. The molecular formula is C26H26F3N3O. The van der Waals surface area contributed by atoms with Crippen LogP contribution in [0.25, 0.3) is 11.3 Å². The predicted molar refractivity (Wildman–Crippen MR) is 118 cm³/mol. The molecule has 1 aromatic heterocycles. The van der Waals surface area contributed by atoms with Gasteiger partial charge < -0.3 is 5.11 Å². The van der Waals surface area contributed by atoms with Crippen molar-refractivity contribution in [3.63, 3.8) is 0 Å². The van der Waals surface area contributed by atoms with Crippen LogP contribution in [0.5, 0.6) is 0 Å². The first-order valence-electron chi connectivity index (χ1n) is 11.7. The SMILES string of the molecule is O[C@@H]1Cc2c(F)cc(F)cc2C1Cn1nc(-c2ccc(F)cc2)c2c1CCN(CC1CC1)C2. The van der Waals surface area contributed by atoms with Gasteiger partial charge in [-0.3, -0.25) is 9.58 Å². The van der Waals surface area contributed by atoms with Crippen LogP contribution >= 0.6 is 0 Å². The minimum atomic E-state index is -0.791. The second-order valence-electron chi connectivity index (χ2n) is 9.72. The molecule has 3 aromatic rings. The zero-order chi connectivity index (χ0) is 22.7. The molecule has 1 unspecified atom stereocenters. The molecule has 2 heterocycles. The van der Waals surface area contributed by atoms with Crippen LogP contribution in [0.2, 0.25) is 0 Å². The van der Waals surface area contributed by atoms with E-state index in [1.165, 1.54) is 31.0 Å². The number of benzene rings is 2. The van der Waals surface area contributed by atoms with Gasteiger partial charge in [0.15, 0.2) is 0 Å². The highest BCUT2D eigenvalue weighted by molar-refractivity contribution is 5.64. The molecule has 1 N–H and O–H groups in total.